The third-order valence-corrected chi connectivity index (χ3v) is 3.94. The molecular formula is C11H12F3NO4S. The number of alkyl halides is 3. The maximum absolute atomic E-state index is 12.4. The van der Waals surface area contributed by atoms with E-state index >= 15 is 0 Å². The van der Waals surface area contributed by atoms with Crippen molar-refractivity contribution in [3.8, 4) is 0 Å². The minimum atomic E-state index is -4.55. The van der Waals surface area contributed by atoms with Crippen molar-refractivity contribution in [3.05, 3.63) is 29.8 Å². The number of sulfonamides is 1. The first kappa shape index (κ1) is 16.4. The van der Waals surface area contributed by atoms with E-state index < -0.39 is 33.8 Å². The molecule has 5 nitrogen and oxygen atoms in total. The van der Waals surface area contributed by atoms with Crippen LogP contribution in [0.3, 0.4) is 0 Å². The number of hydrogen-bond donors (Lipinski definition) is 1. The molecule has 0 spiro atoms. The van der Waals surface area contributed by atoms with Crippen molar-refractivity contribution in [1.29, 1.82) is 0 Å². The Kier molecular flexibility index (Phi) is 4.77. The summed E-state index contributed by atoms with van der Waals surface area (Å²) in [6, 6.07) is 1.78. The normalized spacial score (nSPS) is 13.8. The Morgan fingerprint density at radius 3 is 2.15 bits per heavy atom. The van der Waals surface area contributed by atoms with Gasteiger partial charge in [0.1, 0.15) is 6.04 Å². The number of nitrogens with one attached hydrogen (secondary N) is 1. The van der Waals surface area contributed by atoms with Crippen LogP contribution >= 0.6 is 0 Å². The van der Waals surface area contributed by atoms with Gasteiger partial charge in [-0.15, -0.1) is 0 Å². The molecule has 9 heteroatoms. The summed E-state index contributed by atoms with van der Waals surface area (Å²) in [5.41, 5.74) is -0.961. The molecular weight excluding hydrogens is 299 g/mol. The molecule has 0 aliphatic rings. The minimum Gasteiger partial charge on any atom is -0.468 e. The zero-order valence-electron chi connectivity index (χ0n) is 10.6. The third kappa shape index (κ3) is 3.94. The first-order valence-electron chi connectivity index (χ1n) is 5.35. The van der Waals surface area contributed by atoms with E-state index in [0.29, 0.717) is 12.1 Å². The predicted octanol–water partition coefficient (Wildman–Crippen LogP) is 1.55. The van der Waals surface area contributed by atoms with Crippen LogP contribution in [0.4, 0.5) is 13.2 Å². The number of ether oxygens (including phenoxy) is 1. The van der Waals surface area contributed by atoms with Crippen LogP contribution in [0.2, 0.25) is 0 Å². The number of carbonyl (C=O) groups is 1. The van der Waals surface area contributed by atoms with E-state index in [-0.39, 0.29) is 4.90 Å². The van der Waals surface area contributed by atoms with Crippen LogP contribution < -0.4 is 4.72 Å². The van der Waals surface area contributed by atoms with E-state index in [2.05, 4.69) is 4.74 Å². The number of methoxy groups -OCH3 is 1. The van der Waals surface area contributed by atoms with Crippen LogP contribution in [-0.4, -0.2) is 27.5 Å². The van der Waals surface area contributed by atoms with Gasteiger partial charge in [0.2, 0.25) is 10.0 Å². The van der Waals surface area contributed by atoms with E-state index in [9.17, 15) is 26.4 Å². The summed E-state index contributed by atoms with van der Waals surface area (Å²) in [5, 5.41) is 0. The zero-order valence-corrected chi connectivity index (χ0v) is 11.4. The molecule has 0 amide bonds. The quantitative estimate of drug-likeness (QED) is 0.856. The van der Waals surface area contributed by atoms with Gasteiger partial charge in [-0.1, -0.05) is 0 Å². The number of rotatable bonds is 4. The highest BCUT2D eigenvalue weighted by molar-refractivity contribution is 7.89. The molecule has 1 aromatic carbocycles. The average molecular weight is 311 g/mol. The number of benzene rings is 1. The highest BCUT2D eigenvalue weighted by Crippen LogP contribution is 2.29. The summed E-state index contributed by atoms with van der Waals surface area (Å²) in [7, 11) is -3.01. The van der Waals surface area contributed by atoms with Gasteiger partial charge in [-0.2, -0.15) is 17.9 Å². The van der Waals surface area contributed by atoms with Crippen molar-refractivity contribution in [2.75, 3.05) is 7.11 Å². The number of hydrogen-bond acceptors (Lipinski definition) is 4. The Balaban J connectivity index is 2.97. The average Bonchev–Trinajstić information content (AvgIpc) is 2.36. The molecule has 1 atom stereocenters. The van der Waals surface area contributed by atoms with Gasteiger partial charge >= 0.3 is 12.1 Å². The lowest BCUT2D eigenvalue weighted by molar-refractivity contribution is -0.142. The Labute approximate surface area is 113 Å². The first-order valence-corrected chi connectivity index (χ1v) is 6.83. The van der Waals surface area contributed by atoms with Crippen LogP contribution in [0.5, 0.6) is 0 Å². The predicted molar refractivity (Wildman–Crippen MR) is 63.2 cm³/mol. The Hall–Kier alpha value is -1.61. The van der Waals surface area contributed by atoms with Gasteiger partial charge < -0.3 is 4.74 Å². The van der Waals surface area contributed by atoms with E-state index in [0.717, 1.165) is 19.2 Å². The summed E-state index contributed by atoms with van der Waals surface area (Å²) in [4.78, 5) is 10.7. The molecule has 0 aromatic heterocycles. The lowest BCUT2D eigenvalue weighted by atomic mass is 10.2. The second kappa shape index (κ2) is 5.80. The molecule has 0 aliphatic carbocycles. The molecule has 0 aliphatic heterocycles. The summed E-state index contributed by atoms with van der Waals surface area (Å²) in [5.74, 6) is -0.805. The van der Waals surface area contributed by atoms with Gasteiger partial charge in [-0.05, 0) is 31.2 Å². The largest absolute Gasteiger partial charge is 0.468 e. The van der Waals surface area contributed by atoms with Crippen molar-refractivity contribution >= 4 is 16.0 Å². The van der Waals surface area contributed by atoms with E-state index in [1.807, 2.05) is 4.72 Å². The number of halogens is 3. The molecule has 1 N–H and O–H groups in total. The molecule has 0 fully saturated rings. The highest BCUT2D eigenvalue weighted by Gasteiger charge is 2.31. The molecule has 20 heavy (non-hydrogen) atoms. The van der Waals surface area contributed by atoms with Gasteiger partial charge in [-0.3, -0.25) is 4.79 Å². The van der Waals surface area contributed by atoms with Crippen LogP contribution in [0, 0.1) is 0 Å². The molecule has 0 saturated heterocycles. The van der Waals surface area contributed by atoms with Crippen LogP contribution in [0.15, 0.2) is 29.2 Å². The topological polar surface area (TPSA) is 72.5 Å². The van der Waals surface area contributed by atoms with Crippen molar-refractivity contribution in [2.45, 2.75) is 24.0 Å². The smallest absolute Gasteiger partial charge is 0.416 e. The monoisotopic (exact) mass is 311 g/mol. The standard InChI is InChI=1S/C11H12F3NO4S/c1-7(10(16)19-2)15-20(17,18)9-5-3-8(4-6-9)11(12,13)14/h3-7,15H,1-2H3. The highest BCUT2D eigenvalue weighted by atomic mass is 32.2. The molecule has 1 unspecified atom stereocenters. The fraction of sp³-hybridized carbons (Fsp3) is 0.364. The number of esters is 1. The minimum absolute atomic E-state index is 0.374. The van der Waals surface area contributed by atoms with Crippen molar-refractivity contribution in [3.63, 3.8) is 0 Å². The van der Waals surface area contributed by atoms with E-state index in [4.69, 9.17) is 0 Å². The molecule has 112 valence electrons. The Bertz CT molecular complexity index is 581. The maximum Gasteiger partial charge on any atom is 0.416 e. The van der Waals surface area contributed by atoms with E-state index in [1.54, 1.807) is 0 Å². The van der Waals surface area contributed by atoms with Gasteiger partial charge in [0.25, 0.3) is 0 Å². The first-order chi connectivity index (χ1) is 9.08. The lowest BCUT2D eigenvalue weighted by Gasteiger charge is -2.13. The SMILES string of the molecule is COC(=O)C(C)NS(=O)(=O)c1ccc(C(F)(F)F)cc1. The maximum atomic E-state index is 12.4. The summed E-state index contributed by atoms with van der Waals surface area (Å²) >= 11 is 0. The molecule has 0 bridgehead atoms. The summed E-state index contributed by atoms with van der Waals surface area (Å²) in [6.45, 7) is 1.26. The zero-order chi connectivity index (χ0) is 15.6. The number of carbonyl (C=O) groups excluding carboxylic acids is 1. The molecule has 1 rings (SSSR count). The second-order valence-electron chi connectivity index (χ2n) is 3.89. The molecule has 0 heterocycles. The van der Waals surface area contributed by atoms with Crippen molar-refractivity contribution in [1.82, 2.24) is 4.72 Å². The summed E-state index contributed by atoms with van der Waals surface area (Å²) in [6.07, 6.45) is -4.55. The fourth-order valence-corrected chi connectivity index (χ4v) is 2.54. The fourth-order valence-electron chi connectivity index (χ4n) is 1.35. The molecule has 1 aromatic rings. The van der Waals surface area contributed by atoms with Gasteiger partial charge in [-0.25, -0.2) is 8.42 Å². The molecule has 0 saturated carbocycles. The van der Waals surface area contributed by atoms with Crippen molar-refractivity contribution in [2.24, 2.45) is 0 Å². The van der Waals surface area contributed by atoms with Crippen LogP contribution in [0.25, 0.3) is 0 Å². The lowest BCUT2D eigenvalue weighted by Crippen LogP contribution is -2.39. The van der Waals surface area contributed by atoms with Crippen LogP contribution in [-0.2, 0) is 25.7 Å². The van der Waals surface area contributed by atoms with Gasteiger partial charge in [0.05, 0.1) is 17.6 Å². The van der Waals surface area contributed by atoms with E-state index in [1.165, 1.54) is 6.92 Å². The second-order valence-corrected chi connectivity index (χ2v) is 5.60. The summed E-state index contributed by atoms with van der Waals surface area (Å²) < 4.78 is 67.0. The van der Waals surface area contributed by atoms with Gasteiger partial charge in [0.15, 0.2) is 0 Å². The Morgan fingerprint density at radius 1 is 1.25 bits per heavy atom. The Morgan fingerprint density at radius 2 is 1.75 bits per heavy atom. The molecule has 0 radical (unpaired) electrons. The third-order valence-electron chi connectivity index (χ3n) is 2.38. The van der Waals surface area contributed by atoms with Gasteiger partial charge in [0, 0.05) is 0 Å². The van der Waals surface area contributed by atoms with Crippen molar-refractivity contribution < 1.29 is 31.1 Å². The van der Waals surface area contributed by atoms with Crippen LogP contribution in [0.1, 0.15) is 12.5 Å².